The van der Waals surface area contributed by atoms with E-state index in [1.807, 2.05) is 5.32 Å². The Morgan fingerprint density at radius 1 is 1.14 bits per heavy atom. The SMILES string of the molecule is COC[C@H](c1cc(F)c(O)c(NC(=O)[C@@H](NC(=O)OCc2ccccc2)C2CCC(F)CC2)c1)N1C[C@@H](C(F)(F)F)NC1=O. The second kappa shape index (κ2) is 14.1. The van der Waals surface area contributed by atoms with Crippen LogP contribution in [-0.2, 0) is 20.9 Å². The predicted octanol–water partition coefficient (Wildman–Crippen LogP) is 4.94. The van der Waals surface area contributed by atoms with Crippen molar-refractivity contribution in [1.82, 2.24) is 15.5 Å². The van der Waals surface area contributed by atoms with Gasteiger partial charge in [-0.1, -0.05) is 30.3 Å². The molecule has 10 nitrogen and oxygen atoms in total. The Labute approximate surface area is 249 Å². The first kappa shape index (κ1) is 32.8. The second-order valence-corrected chi connectivity index (χ2v) is 10.8. The van der Waals surface area contributed by atoms with Gasteiger partial charge in [0, 0.05) is 7.11 Å². The lowest BCUT2D eigenvalue weighted by Gasteiger charge is -2.31. The third-order valence-electron chi connectivity index (χ3n) is 7.70. The molecule has 0 unspecified atom stereocenters. The highest BCUT2D eigenvalue weighted by molar-refractivity contribution is 5.98. The Kier molecular flexibility index (Phi) is 10.5. The second-order valence-electron chi connectivity index (χ2n) is 10.8. The highest BCUT2D eigenvalue weighted by Crippen LogP contribution is 2.36. The van der Waals surface area contributed by atoms with Gasteiger partial charge in [0.2, 0.25) is 5.91 Å². The number of ether oxygens (including phenoxy) is 2. The Hall–Kier alpha value is -4.14. The molecule has 1 aliphatic carbocycles. The van der Waals surface area contributed by atoms with Crippen LogP contribution in [0.3, 0.4) is 0 Å². The van der Waals surface area contributed by atoms with Crippen molar-refractivity contribution in [3.8, 4) is 5.75 Å². The highest BCUT2D eigenvalue weighted by Gasteiger charge is 2.48. The maximum absolute atomic E-state index is 14.9. The van der Waals surface area contributed by atoms with Crippen molar-refractivity contribution in [3.63, 3.8) is 0 Å². The largest absolute Gasteiger partial charge is 0.503 e. The summed E-state index contributed by atoms with van der Waals surface area (Å²) in [6, 6.07) is 4.98. The number of halogens is 5. The fourth-order valence-electron chi connectivity index (χ4n) is 5.35. The molecule has 44 heavy (non-hydrogen) atoms. The van der Waals surface area contributed by atoms with Crippen molar-refractivity contribution >= 4 is 23.7 Å². The number of phenolic OH excluding ortho intramolecular Hbond substituents is 1. The van der Waals surface area contributed by atoms with E-state index >= 15 is 0 Å². The molecule has 2 aromatic carbocycles. The van der Waals surface area contributed by atoms with E-state index in [1.54, 1.807) is 30.3 Å². The first-order valence-electron chi connectivity index (χ1n) is 13.9. The van der Waals surface area contributed by atoms with Gasteiger partial charge < -0.3 is 35.4 Å². The van der Waals surface area contributed by atoms with Gasteiger partial charge in [-0.25, -0.2) is 18.4 Å². The molecule has 1 saturated heterocycles. The van der Waals surface area contributed by atoms with Gasteiger partial charge in [-0.05, 0) is 54.9 Å². The molecule has 1 heterocycles. The van der Waals surface area contributed by atoms with Gasteiger partial charge in [-0.15, -0.1) is 0 Å². The lowest BCUT2D eigenvalue weighted by molar-refractivity contribution is -0.150. The summed E-state index contributed by atoms with van der Waals surface area (Å²) >= 11 is 0. The summed E-state index contributed by atoms with van der Waals surface area (Å²) in [6.45, 7) is -1.21. The minimum atomic E-state index is -4.73. The smallest absolute Gasteiger partial charge is 0.410 e. The van der Waals surface area contributed by atoms with Crippen molar-refractivity contribution in [3.05, 3.63) is 59.4 Å². The Morgan fingerprint density at radius 3 is 2.43 bits per heavy atom. The van der Waals surface area contributed by atoms with Crippen LogP contribution in [0, 0.1) is 11.7 Å². The third-order valence-corrected chi connectivity index (χ3v) is 7.70. The van der Waals surface area contributed by atoms with Crippen LogP contribution < -0.4 is 16.0 Å². The normalized spacial score (nSPS) is 21.7. The number of phenols is 1. The molecule has 0 aromatic heterocycles. The molecule has 4 N–H and O–H groups in total. The fourth-order valence-corrected chi connectivity index (χ4v) is 5.35. The van der Waals surface area contributed by atoms with Crippen molar-refractivity contribution < 1.29 is 50.9 Å². The Balaban J connectivity index is 1.55. The van der Waals surface area contributed by atoms with Crippen LogP contribution in [0.2, 0.25) is 0 Å². The summed E-state index contributed by atoms with van der Waals surface area (Å²) in [5.74, 6) is -3.59. The summed E-state index contributed by atoms with van der Waals surface area (Å²) in [5, 5.41) is 17.1. The van der Waals surface area contributed by atoms with Crippen LogP contribution in [0.15, 0.2) is 42.5 Å². The number of hydrogen-bond acceptors (Lipinski definition) is 6. The maximum Gasteiger partial charge on any atom is 0.410 e. The standard InChI is InChI=1S/C29H33F5N4O6/c1-43-15-22(38-13-23(29(32,33)34)36-27(38)41)18-11-20(31)25(39)21(12-18)35-26(40)24(17-7-9-19(30)10-8-17)37-28(42)44-14-16-5-3-2-4-6-16/h2-6,11-12,17,19,22-24,39H,7-10,13-15H2,1H3,(H,35,40)(H,36,41)(H,37,42)/t17?,19?,22-,23+,24+/m1/s1. The summed E-state index contributed by atoms with van der Waals surface area (Å²) < 4.78 is 79.0. The van der Waals surface area contributed by atoms with Gasteiger partial charge in [0.1, 0.15) is 24.9 Å². The van der Waals surface area contributed by atoms with E-state index in [0.29, 0.717) is 5.56 Å². The van der Waals surface area contributed by atoms with E-state index in [2.05, 4.69) is 10.6 Å². The van der Waals surface area contributed by atoms with Gasteiger partial charge >= 0.3 is 18.3 Å². The number of alkyl halides is 4. The molecule has 2 fully saturated rings. The molecule has 15 heteroatoms. The monoisotopic (exact) mass is 628 g/mol. The van der Waals surface area contributed by atoms with E-state index in [9.17, 15) is 41.4 Å². The molecule has 1 saturated carbocycles. The summed E-state index contributed by atoms with van der Waals surface area (Å²) in [7, 11) is 1.24. The van der Waals surface area contributed by atoms with E-state index in [-0.39, 0.29) is 44.5 Å². The molecule has 4 rings (SSSR count). The average Bonchev–Trinajstić information content (AvgIpc) is 3.38. The Bertz CT molecular complexity index is 1320. The summed E-state index contributed by atoms with van der Waals surface area (Å²) in [5.41, 5.74) is 0.166. The topological polar surface area (TPSA) is 129 Å². The van der Waals surface area contributed by atoms with E-state index in [0.717, 1.165) is 17.0 Å². The van der Waals surface area contributed by atoms with Gasteiger partial charge in [0.05, 0.1) is 24.9 Å². The van der Waals surface area contributed by atoms with Crippen LogP contribution in [0.25, 0.3) is 0 Å². The van der Waals surface area contributed by atoms with Crippen LogP contribution in [0.4, 0.5) is 37.2 Å². The molecular formula is C29H33F5N4O6. The van der Waals surface area contributed by atoms with E-state index in [4.69, 9.17) is 9.47 Å². The van der Waals surface area contributed by atoms with Crippen molar-refractivity contribution in [1.29, 1.82) is 0 Å². The molecule has 4 amide bonds. The van der Waals surface area contributed by atoms with Gasteiger partial charge in [-0.3, -0.25) is 4.79 Å². The minimum absolute atomic E-state index is 0.0693. The van der Waals surface area contributed by atoms with Gasteiger partial charge in [-0.2, -0.15) is 13.2 Å². The zero-order valence-corrected chi connectivity index (χ0v) is 23.7. The molecule has 2 aromatic rings. The first-order chi connectivity index (χ1) is 20.9. The molecule has 1 aliphatic heterocycles. The minimum Gasteiger partial charge on any atom is -0.503 e. The lowest BCUT2D eigenvalue weighted by atomic mass is 9.82. The van der Waals surface area contributed by atoms with E-state index < -0.39 is 78.2 Å². The molecule has 0 radical (unpaired) electrons. The number of nitrogens with one attached hydrogen (secondary N) is 3. The number of benzene rings is 2. The van der Waals surface area contributed by atoms with Crippen molar-refractivity contribution in [2.75, 3.05) is 25.6 Å². The number of carbonyl (C=O) groups excluding carboxylic acids is 3. The number of aromatic hydroxyl groups is 1. The lowest BCUT2D eigenvalue weighted by Crippen LogP contribution is -2.49. The molecule has 2 aliphatic rings. The number of hydrogen-bond donors (Lipinski definition) is 4. The Morgan fingerprint density at radius 2 is 1.82 bits per heavy atom. The number of urea groups is 1. The average molecular weight is 629 g/mol. The van der Waals surface area contributed by atoms with E-state index in [1.165, 1.54) is 7.11 Å². The molecular weight excluding hydrogens is 595 g/mol. The van der Waals surface area contributed by atoms with Gasteiger partial charge in [0.15, 0.2) is 11.6 Å². The number of alkyl carbamates (subject to hydrolysis) is 1. The summed E-state index contributed by atoms with van der Waals surface area (Å²) in [6.07, 6.45) is -5.92. The zero-order chi connectivity index (χ0) is 32.0. The first-order valence-corrected chi connectivity index (χ1v) is 13.9. The summed E-state index contributed by atoms with van der Waals surface area (Å²) in [4.78, 5) is 39.4. The van der Waals surface area contributed by atoms with Crippen molar-refractivity contribution in [2.45, 2.75) is 62.8 Å². The molecule has 3 atom stereocenters. The third kappa shape index (κ3) is 8.07. The number of anilines is 1. The molecule has 240 valence electrons. The van der Waals surface area contributed by atoms with Crippen LogP contribution in [0.1, 0.15) is 42.9 Å². The number of methoxy groups -OCH3 is 1. The molecule has 0 bridgehead atoms. The van der Waals surface area contributed by atoms with Crippen LogP contribution in [0.5, 0.6) is 5.75 Å². The van der Waals surface area contributed by atoms with Crippen molar-refractivity contribution in [2.24, 2.45) is 5.92 Å². The zero-order valence-electron chi connectivity index (χ0n) is 23.7. The number of nitrogens with zero attached hydrogens (tertiary/aromatic N) is 1. The van der Waals surface area contributed by atoms with Crippen LogP contribution in [-0.4, -0.2) is 72.7 Å². The van der Waals surface area contributed by atoms with Gasteiger partial charge in [0.25, 0.3) is 0 Å². The quantitative estimate of drug-likeness (QED) is 0.218. The number of carbonyl (C=O) groups is 3. The van der Waals surface area contributed by atoms with Crippen LogP contribution >= 0.6 is 0 Å². The highest BCUT2D eigenvalue weighted by atomic mass is 19.4. The number of amides is 4. The number of rotatable bonds is 10. The molecule has 0 spiro atoms. The predicted molar refractivity (Wildman–Crippen MR) is 147 cm³/mol. The maximum atomic E-state index is 14.9. The fraction of sp³-hybridized carbons (Fsp3) is 0.483.